The van der Waals surface area contributed by atoms with Crippen LogP contribution < -0.4 is 11.1 Å². The highest BCUT2D eigenvalue weighted by Crippen LogP contribution is 1.92. The number of hydrogen-bond acceptors (Lipinski definition) is 3. The Hall–Kier alpha value is -0.810. The molecule has 0 aromatic heterocycles. The number of carbonyl (C=O) groups excluding carboxylic acids is 2. The fourth-order valence-electron chi connectivity index (χ4n) is 1.08. The van der Waals surface area contributed by atoms with E-state index in [4.69, 9.17) is 5.73 Å². The number of rotatable bonds is 6. The Bertz CT molecular complexity index is 200. The zero-order valence-corrected chi connectivity index (χ0v) is 10.1. The number of halogens is 1. The second-order valence-electron chi connectivity index (χ2n) is 2.90. The Morgan fingerprint density at radius 1 is 1.33 bits per heavy atom. The van der Waals surface area contributed by atoms with Crippen LogP contribution in [0, 0.1) is 0 Å². The number of nitrogens with two attached hydrogens (primary N) is 1. The molecule has 15 heavy (non-hydrogen) atoms. The molecule has 6 heteroatoms. The minimum atomic E-state index is -0.125. The normalized spacial score (nSPS) is 9.00. The molecule has 0 aromatic rings. The molecule has 0 saturated heterocycles. The Balaban J connectivity index is 0. The van der Waals surface area contributed by atoms with E-state index in [1.54, 1.807) is 0 Å². The monoisotopic (exact) mass is 237 g/mol. The SMILES string of the molecule is CCNC(=O)CN(CC)C(=O)CCN.Cl. The highest BCUT2D eigenvalue weighted by molar-refractivity contribution is 5.85. The maximum absolute atomic E-state index is 11.4. The molecular formula is C9H20ClN3O2. The van der Waals surface area contributed by atoms with Gasteiger partial charge in [-0.05, 0) is 13.8 Å². The maximum atomic E-state index is 11.4. The van der Waals surface area contributed by atoms with Crippen molar-refractivity contribution in [3.05, 3.63) is 0 Å². The molecule has 0 unspecified atom stereocenters. The lowest BCUT2D eigenvalue weighted by Gasteiger charge is -2.19. The molecule has 0 radical (unpaired) electrons. The van der Waals surface area contributed by atoms with Crippen molar-refractivity contribution in [2.24, 2.45) is 5.73 Å². The molecule has 90 valence electrons. The van der Waals surface area contributed by atoms with E-state index in [1.807, 2.05) is 13.8 Å². The van der Waals surface area contributed by atoms with Gasteiger partial charge in [0.25, 0.3) is 0 Å². The van der Waals surface area contributed by atoms with Gasteiger partial charge in [-0.25, -0.2) is 0 Å². The van der Waals surface area contributed by atoms with Crippen LogP contribution in [0.15, 0.2) is 0 Å². The van der Waals surface area contributed by atoms with E-state index in [9.17, 15) is 9.59 Å². The Labute approximate surface area is 96.8 Å². The second kappa shape index (κ2) is 9.73. The van der Waals surface area contributed by atoms with E-state index in [-0.39, 0.29) is 30.8 Å². The molecule has 0 atom stereocenters. The largest absolute Gasteiger partial charge is 0.355 e. The summed E-state index contributed by atoms with van der Waals surface area (Å²) in [6, 6.07) is 0. The van der Waals surface area contributed by atoms with Crippen molar-refractivity contribution in [2.45, 2.75) is 20.3 Å². The molecule has 0 aliphatic carbocycles. The molecule has 0 bridgehead atoms. The van der Waals surface area contributed by atoms with Gasteiger partial charge < -0.3 is 16.0 Å². The number of likely N-dealkylation sites (N-methyl/N-ethyl adjacent to an activating group) is 2. The Morgan fingerprint density at radius 2 is 1.93 bits per heavy atom. The van der Waals surface area contributed by atoms with Crippen LogP contribution >= 0.6 is 12.4 Å². The van der Waals surface area contributed by atoms with Gasteiger partial charge in [-0.1, -0.05) is 0 Å². The summed E-state index contributed by atoms with van der Waals surface area (Å²) in [6.45, 7) is 5.26. The van der Waals surface area contributed by atoms with E-state index >= 15 is 0 Å². The first-order valence-corrected chi connectivity index (χ1v) is 4.90. The summed E-state index contributed by atoms with van der Waals surface area (Å²) in [7, 11) is 0. The molecule has 5 nitrogen and oxygen atoms in total. The fraction of sp³-hybridized carbons (Fsp3) is 0.778. The van der Waals surface area contributed by atoms with E-state index in [0.717, 1.165) is 0 Å². The smallest absolute Gasteiger partial charge is 0.239 e. The van der Waals surface area contributed by atoms with Crippen molar-refractivity contribution in [1.82, 2.24) is 10.2 Å². The van der Waals surface area contributed by atoms with Crippen LogP contribution in [-0.4, -0.2) is 42.9 Å². The first-order chi connectivity index (χ1) is 6.65. The molecule has 0 fully saturated rings. The van der Waals surface area contributed by atoms with Gasteiger partial charge in [-0.3, -0.25) is 9.59 Å². The third-order valence-electron chi connectivity index (χ3n) is 1.80. The molecule has 0 saturated carbocycles. The number of nitrogens with zero attached hydrogens (tertiary/aromatic N) is 1. The third kappa shape index (κ3) is 7.16. The minimum absolute atomic E-state index is 0. The summed E-state index contributed by atoms with van der Waals surface area (Å²) in [5.41, 5.74) is 5.26. The Morgan fingerprint density at radius 3 is 2.33 bits per heavy atom. The molecule has 0 aliphatic rings. The summed E-state index contributed by atoms with van der Waals surface area (Å²) in [4.78, 5) is 24.1. The first-order valence-electron chi connectivity index (χ1n) is 4.90. The van der Waals surface area contributed by atoms with Gasteiger partial charge in [0.15, 0.2) is 0 Å². The third-order valence-corrected chi connectivity index (χ3v) is 1.80. The molecule has 2 amide bonds. The van der Waals surface area contributed by atoms with Gasteiger partial charge in [0.1, 0.15) is 0 Å². The standard InChI is InChI=1S/C9H19N3O2.ClH/c1-3-11-8(13)7-12(4-2)9(14)5-6-10;/h3-7,10H2,1-2H3,(H,11,13);1H. The zero-order valence-electron chi connectivity index (χ0n) is 9.28. The molecule has 0 aromatic carbocycles. The zero-order chi connectivity index (χ0) is 11.0. The fourth-order valence-corrected chi connectivity index (χ4v) is 1.08. The van der Waals surface area contributed by atoms with Crippen LogP contribution in [-0.2, 0) is 9.59 Å². The topological polar surface area (TPSA) is 75.4 Å². The van der Waals surface area contributed by atoms with Crippen LogP contribution in [0.1, 0.15) is 20.3 Å². The molecule has 0 heterocycles. The number of carbonyl (C=O) groups is 2. The summed E-state index contributed by atoms with van der Waals surface area (Å²) in [6.07, 6.45) is 0.299. The van der Waals surface area contributed by atoms with E-state index < -0.39 is 0 Å². The quantitative estimate of drug-likeness (QED) is 0.669. The summed E-state index contributed by atoms with van der Waals surface area (Å²) < 4.78 is 0. The van der Waals surface area contributed by atoms with Gasteiger partial charge in [0, 0.05) is 26.1 Å². The highest BCUT2D eigenvalue weighted by atomic mass is 35.5. The van der Waals surface area contributed by atoms with Gasteiger partial charge in [-0.15, -0.1) is 12.4 Å². The van der Waals surface area contributed by atoms with Crippen molar-refractivity contribution in [1.29, 1.82) is 0 Å². The second-order valence-corrected chi connectivity index (χ2v) is 2.90. The van der Waals surface area contributed by atoms with Gasteiger partial charge in [0.2, 0.25) is 11.8 Å². The van der Waals surface area contributed by atoms with Crippen LogP contribution in [0.5, 0.6) is 0 Å². The number of nitrogens with one attached hydrogen (secondary N) is 1. The molecular weight excluding hydrogens is 218 g/mol. The van der Waals surface area contributed by atoms with Crippen LogP contribution in [0.25, 0.3) is 0 Å². The average molecular weight is 238 g/mol. The molecule has 3 N–H and O–H groups in total. The minimum Gasteiger partial charge on any atom is -0.355 e. The molecule has 0 aliphatic heterocycles. The van der Waals surface area contributed by atoms with Crippen molar-refractivity contribution in [3.8, 4) is 0 Å². The van der Waals surface area contributed by atoms with E-state index in [0.29, 0.717) is 26.1 Å². The van der Waals surface area contributed by atoms with E-state index in [1.165, 1.54) is 4.90 Å². The van der Waals surface area contributed by atoms with Gasteiger partial charge >= 0.3 is 0 Å². The summed E-state index contributed by atoms with van der Waals surface area (Å²) >= 11 is 0. The predicted octanol–water partition coefficient (Wildman–Crippen LogP) is -0.258. The van der Waals surface area contributed by atoms with Crippen molar-refractivity contribution >= 4 is 24.2 Å². The molecule has 0 spiro atoms. The van der Waals surface area contributed by atoms with E-state index in [2.05, 4.69) is 5.32 Å². The number of amides is 2. The molecule has 0 rings (SSSR count). The average Bonchev–Trinajstić information content (AvgIpc) is 2.15. The van der Waals surface area contributed by atoms with Crippen LogP contribution in [0.2, 0.25) is 0 Å². The van der Waals surface area contributed by atoms with Crippen molar-refractivity contribution in [3.63, 3.8) is 0 Å². The summed E-state index contributed by atoms with van der Waals surface area (Å²) in [5.74, 6) is -0.194. The lowest BCUT2D eigenvalue weighted by molar-refractivity contribution is -0.135. The van der Waals surface area contributed by atoms with Crippen LogP contribution in [0.3, 0.4) is 0 Å². The van der Waals surface area contributed by atoms with Gasteiger partial charge in [0.05, 0.1) is 6.54 Å². The van der Waals surface area contributed by atoms with Crippen molar-refractivity contribution < 1.29 is 9.59 Å². The number of hydrogen-bond donors (Lipinski definition) is 2. The maximum Gasteiger partial charge on any atom is 0.239 e. The van der Waals surface area contributed by atoms with Crippen LogP contribution in [0.4, 0.5) is 0 Å². The summed E-state index contributed by atoms with van der Waals surface area (Å²) in [5, 5.41) is 2.64. The van der Waals surface area contributed by atoms with Crippen molar-refractivity contribution in [2.75, 3.05) is 26.2 Å². The lowest BCUT2D eigenvalue weighted by Crippen LogP contribution is -2.41. The highest BCUT2D eigenvalue weighted by Gasteiger charge is 2.13. The Kier molecular flexibility index (Phi) is 10.8. The first kappa shape index (κ1) is 16.6. The van der Waals surface area contributed by atoms with Gasteiger partial charge in [-0.2, -0.15) is 0 Å². The predicted molar refractivity (Wildman–Crippen MR) is 61.9 cm³/mol. The lowest BCUT2D eigenvalue weighted by atomic mass is 10.3.